The quantitative estimate of drug-likeness (QED) is 0.876. The number of rotatable bonds is 3. The number of nitrogens with two attached hydrogens (primary N) is 1. The fraction of sp³-hybridized carbons (Fsp3) is 0.588. The van der Waals surface area contributed by atoms with E-state index in [4.69, 9.17) is 15.2 Å². The normalized spacial score (nSPS) is 23.0. The van der Waals surface area contributed by atoms with E-state index in [2.05, 4.69) is 0 Å². The van der Waals surface area contributed by atoms with Gasteiger partial charge in [0.15, 0.2) is 11.6 Å². The summed E-state index contributed by atoms with van der Waals surface area (Å²) in [5.74, 6) is -1.81. The smallest absolute Gasteiger partial charge is 0.239 e. The summed E-state index contributed by atoms with van der Waals surface area (Å²) in [6, 6.07) is 3.11. The summed E-state index contributed by atoms with van der Waals surface area (Å²) in [6.07, 6.45) is 1.09. The minimum Gasteiger partial charge on any atom is -0.381 e. The van der Waals surface area contributed by atoms with Gasteiger partial charge in [0.25, 0.3) is 0 Å². The Kier molecular flexibility index (Phi) is 7.13. The van der Waals surface area contributed by atoms with Crippen LogP contribution in [0.5, 0.6) is 0 Å². The summed E-state index contributed by atoms with van der Waals surface area (Å²) in [7, 11) is 0. The molecule has 8 heteroatoms. The molecule has 2 heterocycles. The largest absolute Gasteiger partial charge is 0.381 e. The highest BCUT2D eigenvalue weighted by Gasteiger charge is 2.33. The van der Waals surface area contributed by atoms with E-state index < -0.39 is 23.8 Å². The maximum atomic E-state index is 13.4. The van der Waals surface area contributed by atoms with Crippen LogP contribution in [0.25, 0.3) is 0 Å². The number of nitrogens with zero attached hydrogens (tertiary/aromatic N) is 1. The van der Waals surface area contributed by atoms with Gasteiger partial charge >= 0.3 is 0 Å². The molecule has 2 unspecified atom stereocenters. The third-order valence-corrected chi connectivity index (χ3v) is 4.75. The molecule has 0 spiro atoms. The van der Waals surface area contributed by atoms with Gasteiger partial charge in [0.05, 0.1) is 19.2 Å². The Morgan fingerprint density at radius 2 is 1.92 bits per heavy atom. The zero-order valence-corrected chi connectivity index (χ0v) is 14.6. The first kappa shape index (κ1) is 20.0. The van der Waals surface area contributed by atoms with Crippen LogP contribution in [0.2, 0.25) is 0 Å². The Bertz CT molecular complexity index is 599. The topological polar surface area (TPSA) is 64.8 Å². The molecule has 25 heavy (non-hydrogen) atoms. The van der Waals surface area contributed by atoms with Crippen molar-refractivity contribution in [2.45, 2.75) is 25.0 Å². The molecule has 2 aliphatic rings. The average Bonchev–Trinajstić information content (AvgIpc) is 2.63. The van der Waals surface area contributed by atoms with Crippen molar-refractivity contribution < 1.29 is 23.0 Å². The molecule has 0 aromatic heterocycles. The average molecular weight is 377 g/mol. The van der Waals surface area contributed by atoms with E-state index >= 15 is 0 Å². The Balaban J connectivity index is 0.00000225. The van der Waals surface area contributed by atoms with Gasteiger partial charge in [-0.3, -0.25) is 4.79 Å². The number of morpholine rings is 1. The zero-order valence-electron chi connectivity index (χ0n) is 13.8. The molecule has 140 valence electrons. The first-order valence-corrected chi connectivity index (χ1v) is 8.25. The third-order valence-electron chi connectivity index (χ3n) is 4.75. The van der Waals surface area contributed by atoms with E-state index in [9.17, 15) is 13.6 Å². The Morgan fingerprint density at radius 3 is 2.60 bits per heavy atom. The number of carbonyl (C=O) groups is 1. The molecule has 0 bridgehead atoms. The molecule has 5 nitrogen and oxygen atoms in total. The SMILES string of the molecule is Cl.NC(C(=O)N1CCOC(c2ccc(F)c(F)c2)C1)C1CCOCC1. The second-order valence-corrected chi connectivity index (χ2v) is 6.29. The molecule has 2 saturated heterocycles. The number of halogens is 3. The second kappa shape index (κ2) is 8.89. The number of benzene rings is 1. The highest BCUT2D eigenvalue weighted by Crippen LogP contribution is 2.25. The minimum atomic E-state index is -0.918. The van der Waals surface area contributed by atoms with E-state index in [1.165, 1.54) is 6.07 Å². The lowest BCUT2D eigenvalue weighted by molar-refractivity contribution is -0.142. The predicted molar refractivity (Wildman–Crippen MR) is 90.4 cm³/mol. The van der Waals surface area contributed by atoms with Crippen LogP contribution in [0.1, 0.15) is 24.5 Å². The van der Waals surface area contributed by atoms with Crippen molar-refractivity contribution in [2.24, 2.45) is 11.7 Å². The maximum absolute atomic E-state index is 13.4. The molecule has 2 fully saturated rings. The molecule has 2 N–H and O–H groups in total. The minimum absolute atomic E-state index is 0. The second-order valence-electron chi connectivity index (χ2n) is 6.29. The van der Waals surface area contributed by atoms with Gasteiger partial charge in [0, 0.05) is 19.8 Å². The number of hydrogen-bond donors (Lipinski definition) is 1. The lowest BCUT2D eigenvalue weighted by Crippen LogP contribution is -2.52. The van der Waals surface area contributed by atoms with Crippen molar-refractivity contribution in [1.82, 2.24) is 4.90 Å². The highest BCUT2D eigenvalue weighted by molar-refractivity contribution is 5.85. The van der Waals surface area contributed by atoms with Crippen molar-refractivity contribution in [1.29, 1.82) is 0 Å². The first-order chi connectivity index (χ1) is 11.6. The highest BCUT2D eigenvalue weighted by atomic mass is 35.5. The summed E-state index contributed by atoms with van der Waals surface area (Å²) in [4.78, 5) is 14.3. The third kappa shape index (κ3) is 4.67. The molecule has 1 aromatic carbocycles. The van der Waals surface area contributed by atoms with E-state index in [0.29, 0.717) is 38.5 Å². The summed E-state index contributed by atoms with van der Waals surface area (Å²) in [6.45, 7) is 2.35. The monoisotopic (exact) mass is 376 g/mol. The zero-order chi connectivity index (χ0) is 17.1. The molecule has 3 rings (SSSR count). The van der Waals surface area contributed by atoms with Crippen LogP contribution in [-0.2, 0) is 14.3 Å². The fourth-order valence-corrected chi connectivity index (χ4v) is 3.25. The Morgan fingerprint density at radius 1 is 1.20 bits per heavy atom. The lowest BCUT2D eigenvalue weighted by Gasteiger charge is -2.36. The molecule has 1 amide bonds. The molecular weight excluding hydrogens is 354 g/mol. The summed E-state index contributed by atoms with van der Waals surface area (Å²) in [5, 5.41) is 0. The van der Waals surface area contributed by atoms with Crippen molar-refractivity contribution in [3.63, 3.8) is 0 Å². The van der Waals surface area contributed by atoms with Crippen molar-refractivity contribution in [3.05, 3.63) is 35.4 Å². The van der Waals surface area contributed by atoms with Crippen LogP contribution in [0.3, 0.4) is 0 Å². The van der Waals surface area contributed by atoms with Gasteiger partial charge in [0.2, 0.25) is 5.91 Å². The Hall–Kier alpha value is -1.28. The van der Waals surface area contributed by atoms with Gasteiger partial charge < -0.3 is 20.1 Å². The van der Waals surface area contributed by atoms with Crippen molar-refractivity contribution in [3.8, 4) is 0 Å². The standard InChI is InChI=1S/C17H22F2N2O3.ClH/c18-13-2-1-12(9-14(13)19)15-10-21(5-8-24-15)17(22)16(20)11-3-6-23-7-4-11;/h1-2,9,11,15-16H,3-8,10,20H2;1H. The summed E-state index contributed by atoms with van der Waals surface area (Å²) < 4.78 is 37.4. The maximum Gasteiger partial charge on any atom is 0.239 e. The molecule has 2 aliphatic heterocycles. The molecule has 2 atom stereocenters. The van der Waals surface area contributed by atoms with Gasteiger partial charge in [-0.05, 0) is 36.5 Å². The van der Waals surface area contributed by atoms with Crippen LogP contribution < -0.4 is 5.73 Å². The van der Waals surface area contributed by atoms with Gasteiger partial charge in [-0.1, -0.05) is 6.07 Å². The molecule has 0 radical (unpaired) electrons. The molecular formula is C17H23ClF2N2O3. The number of hydrogen-bond acceptors (Lipinski definition) is 4. The van der Waals surface area contributed by atoms with Crippen molar-refractivity contribution >= 4 is 18.3 Å². The van der Waals surface area contributed by atoms with Crippen LogP contribution >= 0.6 is 12.4 Å². The number of carbonyl (C=O) groups excluding carboxylic acids is 1. The lowest BCUT2D eigenvalue weighted by atomic mass is 9.91. The number of ether oxygens (including phenoxy) is 2. The molecule has 0 aliphatic carbocycles. The van der Waals surface area contributed by atoms with E-state index in [1.807, 2.05) is 0 Å². The van der Waals surface area contributed by atoms with Crippen LogP contribution in [-0.4, -0.2) is 49.8 Å². The van der Waals surface area contributed by atoms with Crippen LogP contribution in [0.4, 0.5) is 8.78 Å². The van der Waals surface area contributed by atoms with Gasteiger partial charge in [0.1, 0.15) is 6.10 Å². The molecule has 0 saturated carbocycles. The fourth-order valence-electron chi connectivity index (χ4n) is 3.25. The van der Waals surface area contributed by atoms with Gasteiger partial charge in [-0.15, -0.1) is 12.4 Å². The molecule has 1 aromatic rings. The summed E-state index contributed by atoms with van der Waals surface area (Å²) >= 11 is 0. The first-order valence-electron chi connectivity index (χ1n) is 8.25. The van der Waals surface area contributed by atoms with Gasteiger partial charge in [-0.25, -0.2) is 8.78 Å². The van der Waals surface area contributed by atoms with Crippen LogP contribution in [0, 0.1) is 17.6 Å². The van der Waals surface area contributed by atoms with E-state index in [1.54, 1.807) is 4.90 Å². The predicted octanol–water partition coefficient (Wildman–Crippen LogP) is 2.04. The van der Waals surface area contributed by atoms with Gasteiger partial charge in [-0.2, -0.15) is 0 Å². The number of amides is 1. The summed E-state index contributed by atoms with van der Waals surface area (Å²) in [5.41, 5.74) is 6.67. The van der Waals surface area contributed by atoms with E-state index in [0.717, 1.165) is 25.0 Å². The van der Waals surface area contributed by atoms with Crippen LogP contribution in [0.15, 0.2) is 18.2 Å². The van der Waals surface area contributed by atoms with E-state index in [-0.39, 0.29) is 24.2 Å². The Labute approximate surface area is 151 Å². The van der Waals surface area contributed by atoms with Crippen molar-refractivity contribution in [2.75, 3.05) is 32.9 Å².